The molecule has 3 aliphatic carbocycles. The monoisotopic (exact) mass is 542 g/mol. The van der Waals surface area contributed by atoms with Gasteiger partial charge < -0.3 is 15.5 Å². The van der Waals surface area contributed by atoms with Gasteiger partial charge in [0.15, 0.2) is 5.96 Å². The largest absolute Gasteiger partial charge is 0.335 e. The minimum Gasteiger partial charge on any atom is -0.335 e. The topological polar surface area (TPSA) is 74.6 Å². The summed E-state index contributed by atoms with van der Waals surface area (Å²) in [6.07, 6.45) is 4.51. The van der Waals surface area contributed by atoms with Gasteiger partial charge >= 0.3 is 0 Å². The SMILES string of the molecule is Cc1ccc(CCn2cnc3cc(N/C(=N/[C@H]4C[C@@H]5C[C@H](C4C)C5(C)C)N4C[C@@H]5NCC54)ccc3c2=O)c(F)c1. The summed E-state index contributed by atoms with van der Waals surface area (Å²) in [7, 11) is 0. The summed E-state index contributed by atoms with van der Waals surface area (Å²) in [6, 6.07) is 12.3. The Kier molecular flexibility index (Phi) is 6.04. The predicted molar refractivity (Wildman–Crippen MR) is 157 cm³/mol. The van der Waals surface area contributed by atoms with Crippen molar-refractivity contribution in [1.29, 1.82) is 0 Å². The van der Waals surface area contributed by atoms with Crippen molar-refractivity contribution in [3.8, 4) is 0 Å². The summed E-state index contributed by atoms with van der Waals surface area (Å²) >= 11 is 0. The molecule has 2 N–H and O–H groups in total. The smallest absolute Gasteiger partial charge is 0.261 e. The zero-order chi connectivity index (χ0) is 27.8. The average molecular weight is 543 g/mol. The molecule has 2 unspecified atom stereocenters. The number of piperazine rings is 1. The first kappa shape index (κ1) is 25.7. The number of guanidine groups is 1. The van der Waals surface area contributed by atoms with E-state index in [1.165, 1.54) is 12.5 Å². The number of nitrogens with zero attached hydrogens (tertiary/aromatic N) is 4. The van der Waals surface area contributed by atoms with Crippen LogP contribution in [-0.4, -0.2) is 51.6 Å². The maximum atomic E-state index is 14.3. The summed E-state index contributed by atoms with van der Waals surface area (Å²) in [5.41, 5.74) is 3.35. The Bertz CT molecular complexity index is 1560. The molecule has 6 atom stereocenters. The molecule has 2 bridgehead atoms. The highest BCUT2D eigenvalue weighted by Gasteiger charge is 2.56. The molecule has 8 heteroatoms. The van der Waals surface area contributed by atoms with Gasteiger partial charge in [0.25, 0.3) is 5.56 Å². The van der Waals surface area contributed by atoms with Gasteiger partial charge in [-0.3, -0.25) is 9.36 Å². The summed E-state index contributed by atoms with van der Waals surface area (Å²) in [5, 5.41) is 7.69. The molecule has 8 rings (SSSR count). The minimum atomic E-state index is -0.232. The molecule has 2 aromatic carbocycles. The number of anilines is 1. The number of hydrogen-bond donors (Lipinski definition) is 2. The van der Waals surface area contributed by atoms with Crippen LogP contribution in [0.25, 0.3) is 10.9 Å². The fourth-order valence-corrected chi connectivity index (χ4v) is 7.61. The second-order valence-electron chi connectivity index (χ2n) is 13.2. The number of fused-ring (bicyclic) bond motifs is 4. The van der Waals surface area contributed by atoms with Gasteiger partial charge in [-0.05, 0) is 84.7 Å². The normalized spacial score (nSPS) is 30.2. The second-order valence-corrected chi connectivity index (χ2v) is 13.2. The molecule has 7 nitrogen and oxygen atoms in total. The van der Waals surface area contributed by atoms with Crippen molar-refractivity contribution < 1.29 is 4.39 Å². The number of nitrogens with one attached hydrogen (secondary N) is 2. The van der Waals surface area contributed by atoms with E-state index < -0.39 is 0 Å². The van der Waals surface area contributed by atoms with E-state index in [1.807, 2.05) is 31.2 Å². The van der Waals surface area contributed by atoms with Gasteiger partial charge in [0.05, 0.1) is 29.3 Å². The molecule has 0 radical (unpaired) electrons. The first-order chi connectivity index (χ1) is 19.2. The zero-order valence-electron chi connectivity index (χ0n) is 23.8. The van der Waals surface area contributed by atoms with Crippen molar-refractivity contribution >= 4 is 22.5 Å². The number of halogens is 1. The van der Waals surface area contributed by atoms with E-state index >= 15 is 0 Å². The van der Waals surface area contributed by atoms with Crippen LogP contribution in [0.15, 0.2) is 52.5 Å². The highest BCUT2D eigenvalue weighted by molar-refractivity contribution is 5.96. The second kappa shape index (κ2) is 9.40. The molecule has 5 fully saturated rings. The lowest BCUT2D eigenvalue weighted by atomic mass is 9.45. The van der Waals surface area contributed by atoms with Gasteiger partial charge in [0.2, 0.25) is 0 Å². The maximum Gasteiger partial charge on any atom is 0.261 e. The first-order valence-corrected chi connectivity index (χ1v) is 14.8. The molecular weight excluding hydrogens is 503 g/mol. The van der Waals surface area contributed by atoms with Crippen LogP contribution >= 0.6 is 0 Å². The van der Waals surface area contributed by atoms with Crippen LogP contribution in [0.4, 0.5) is 10.1 Å². The molecular formula is C32H39FN6O. The van der Waals surface area contributed by atoms with Crippen LogP contribution in [-0.2, 0) is 13.0 Å². The third kappa shape index (κ3) is 4.14. The Morgan fingerprint density at radius 3 is 2.75 bits per heavy atom. The van der Waals surface area contributed by atoms with Crippen molar-refractivity contribution in [2.24, 2.45) is 28.2 Å². The Balaban J connectivity index is 1.12. The van der Waals surface area contributed by atoms with Crippen LogP contribution in [0.2, 0.25) is 0 Å². The number of aliphatic imine (C=N–C) groups is 1. The standard InChI is InChI=1S/C32H39FN6O/c1-18-5-6-20(25(33)11-18)9-10-38-17-35-27-14-22(7-8-23(27)30(38)40)36-31(39-16-28-29(39)15-34-28)37-26-13-21-12-24(19(26)2)32(21,3)4/h5-8,11,14,17,19,21,24,26,28-29,34H,9-10,12-13,15-16H2,1-4H3,(H,36,37)/t19?,21-,24+,26-,28-,29?/m0/s1. The number of benzene rings is 2. The van der Waals surface area contributed by atoms with Crippen LogP contribution in [0.3, 0.4) is 0 Å². The van der Waals surface area contributed by atoms with E-state index in [1.54, 1.807) is 17.0 Å². The molecule has 40 heavy (non-hydrogen) atoms. The highest BCUT2D eigenvalue weighted by Crippen LogP contribution is 2.61. The van der Waals surface area contributed by atoms with Crippen molar-refractivity contribution in [3.05, 3.63) is 70.0 Å². The van der Waals surface area contributed by atoms with Crippen molar-refractivity contribution in [3.63, 3.8) is 0 Å². The molecule has 3 saturated carbocycles. The van der Waals surface area contributed by atoms with Gasteiger partial charge in [-0.1, -0.05) is 32.9 Å². The number of hydrogen-bond acceptors (Lipinski definition) is 4. The minimum absolute atomic E-state index is 0.109. The van der Waals surface area contributed by atoms with E-state index in [0.717, 1.165) is 48.6 Å². The van der Waals surface area contributed by atoms with Gasteiger partial charge in [0, 0.05) is 31.4 Å². The molecule has 0 amide bonds. The molecule has 0 spiro atoms. The first-order valence-electron chi connectivity index (χ1n) is 14.8. The summed E-state index contributed by atoms with van der Waals surface area (Å²) in [6.45, 7) is 11.4. The van der Waals surface area contributed by atoms with Gasteiger partial charge in [-0.25, -0.2) is 14.4 Å². The third-order valence-electron chi connectivity index (χ3n) is 10.6. The van der Waals surface area contributed by atoms with Gasteiger partial charge in [-0.2, -0.15) is 0 Å². The Morgan fingerprint density at radius 1 is 1.23 bits per heavy atom. The summed E-state index contributed by atoms with van der Waals surface area (Å²) < 4.78 is 15.9. The zero-order valence-corrected chi connectivity index (χ0v) is 23.8. The van der Waals surface area contributed by atoms with Gasteiger partial charge in [-0.15, -0.1) is 0 Å². The van der Waals surface area contributed by atoms with Gasteiger partial charge in [0.1, 0.15) is 5.82 Å². The van der Waals surface area contributed by atoms with Crippen LogP contribution in [0.1, 0.15) is 44.7 Å². The number of rotatable bonds is 5. The maximum absolute atomic E-state index is 14.3. The fraction of sp³-hybridized carbons (Fsp3) is 0.531. The molecule has 5 aliphatic rings. The van der Waals surface area contributed by atoms with E-state index in [0.29, 0.717) is 58.9 Å². The number of aryl methyl sites for hydroxylation is 3. The van der Waals surface area contributed by atoms with E-state index in [9.17, 15) is 9.18 Å². The quantitative estimate of drug-likeness (QED) is 0.365. The Hall–Kier alpha value is -3.26. The summed E-state index contributed by atoms with van der Waals surface area (Å²) in [4.78, 5) is 25.6. The Morgan fingerprint density at radius 2 is 2.08 bits per heavy atom. The molecule has 3 aromatic rings. The molecule has 210 valence electrons. The van der Waals surface area contributed by atoms with E-state index in [-0.39, 0.29) is 11.4 Å². The molecule has 3 heterocycles. The van der Waals surface area contributed by atoms with E-state index in [2.05, 4.69) is 41.3 Å². The lowest BCUT2D eigenvalue weighted by Crippen LogP contribution is -2.79. The Labute approximate surface area is 234 Å². The lowest BCUT2D eigenvalue weighted by molar-refractivity contribution is -0.108. The average Bonchev–Trinajstić information content (AvgIpc) is 2.91. The molecule has 2 aliphatic heterocycles. The van der Waals surface area contributed by atoms with Crippen molar-refractivity contribution in [2.45, 2.75) is 71.6 Å². The number of aromatic nitrogens is 2. The van der Waals surface area contributed by atoms with Crippen LogP contribution in [0.5, 0.6) is 0 Å². The summed E-state index contributed by atoms with van der Waals surface area (Å²) in [5.74, 6) is 2.78. The molecule has 2 saturated heterocycles. The van der Waals surface area contributed by atoms with Crippen LogP contribution in [0, 0.1) is 35.9 Å². The third-order valence-corrected chi connectivity index (χ3v) is 10.6. The fourth-order valence-electron chi connectivity index (χ4n) is 7.61. The highest BCUT2D eigenvalue weighted by atomic mass is 19.1. The molecule has 1 aromatic heterocycles. The van der Waals surface area contributed by atoms with Crippen LogP contribution < -0.4 is 16.2 Å². The lowest BCUT2D eigenvalue weighted by Gasteiger charge is -2.61. The van der Waals surface area contributed by atoms with Crippen molar-refractivity contribution in [1.82, 2.24) is 19.8 Å². The predicted octanol–water partition coefficient (Wildman–Crippen LogP) is 4.58. The van der Waals surface area contributed by atoms with Crippen molar-refractivity contribution in [2.75, 3.05) is 18.4 Å². The number of likely N-dealkylation sites (tertiary alicyclic amines) is 1. The van der Waals surface area contributed by atoms with E-state index in [4.69, 9.17) is 4.99 Å².